The Balaban J connectivity index is 1.96. The Morgan fingerprint density at radius 1 is 1.16 bits per heavy atom. The lowest BCUT2D eigenvalue weighted by atomic mass is 9.77. The number of rotatable bonds is 4. The summed E-state index contributed by atoms with van der Waals surface area (Å²) in [6.45, 7) is 1.89. The number of fused-ring (bicyclic) bond motifs is 1. The summed E-state index contributed by atoms with van der Waals surface area (Å²) in [5, 5.41) is 0.779. The molecule has 0 unspecified atom stereocenters. The molecule has 0 saturated heterocycles. The summed E-state index contributed by atoms with van der Waals surface area (Å²) in [5.74, 6) is -2.29. The molecule has 170 valence electrons. The van der Waals surface area contributed by atoms with Crippen molar-refractivity contribution in [2.24, 2.45) is 5.73 Å². The van der Waals surface area contributed by atoms with E-state index in [-0.39, 0.29) is 30.2 Å². The predicted octanol–water partition coefficient (Wildman–Crippen LogP) is 5.25. The number of carbonyl (C=O) groups excluding carboxylic acids is 2. The molecule has 8 heteroatoms. The summed E-state index contributed by atoms with van der Waals surface area (Å²) in [5.41, 5.74) is 7.62. The van der Waals surface area contributed by atoms with E-state index in [1.54, 1.807) is 30.0 Å². The molecular formula is C24H25Cl2FN2O3. The zero-order valence-electron chi connectivity index (χ0n) is 17.7. The topological polar surface area (TPSA) is 72.6 Å². The van der Waals surface area contributed by atoms with Gasteiger partial charge in [0.1, 0.15) is 11.7 Å². The summed E-state index contributed by atoms with van der Waals surface area (Å²) in [4.78, 5) is 28.7. The van der Waals surface area contributed by atoms with E-state index >= 15 is 0 Å². The van der Waals surface area contributed by atoms with Gasteiger partial charge in [-0.2, -0.15) is 0 Å². The molecule has 4 rings (SSSR count). The molecular weight excluding hydrogens is 454 g/mol. The fourth-order valence-electron chi connectivity index (χ4n) is 4.98. The molecule has 0 radical (unpaired) electrons. The molecule has 1 amide bonds. The van der Waals surface area contributed by atoms with E-state index in [1.807, 2.05) is 0 Å². The minimum Gasteiger partial charge on any atom is -0.465 e. The number of ether oxygens (including phenoxy) is 1. The monoisotopic (exact) mass is 478 g/mol. The highest BCUT2D eigenvalue weighted by Crippen LogP contribution is 2.48. The standard InChI is InChI=1S/C24H25Cl2FN2O3/c1-2-32-24(31)21-15-10-8-14(27)12-17(15)23(30)29(20-6-4-3-5-19(20)28)22(21)16-9-7-13(25)11-18(16)26/h7-12,19-22H,2-6,28H2,1H3/t19-,20-,21+,22-/m0/s1. The Hall–Kier alpha value is -2.15. The quantitative estimate of drug-likeness (QED) is 0.609. The van der Waals surface area contributed by atoms with Crippen LogP contribution in [0.2, 0.25) is 10.0 Å². The van der Waals surface area contributed by atoms with Gasteiger partial charge in [-0.05, 0) is 55.2 Å². The molecule has 1 fully saturated rings. The number of hydrogen-bond donors (Lipinski definition) is 1. The number of benzene rings is 2. The molecule has 2 aliphatic rings. The van der Waals surface area contributed by atoms with Crippen molar-refractivity contribution in [1.82, 2.24) is 4.90 Å². The van der Waals surface area contributed by atoms with E-state index in [9.17, 15) is 14.0 Å². The molecule has 5 nitrogen and oxygen atoms in total. The van der Waals surface area contributed by atoms with Gasteiger partial charge in [-0.25, -0.2) is 4.39 Å². The minimum atomic E-state index is -0.879. The number of nitrogens with two attached hydrogens (primary N) is 1. The highest BCUT2D eigenvalue weighted by atomic mass is 35.5. The van der Waals surface area contributed by atoms with Crippen LogP contribution < -0.4 is 5.73 Å². The maximum absolute atomic E-state index is 14.2. The van der Waals surface area contributed by atoms with E-state index in [4.69, 9.17) is 33.7 Å². The van der Waals surface area contributed by atoms with Crippen LogP contribution in [0.15, 0.2) is 36.4 Å². The van der Waals surface area contributed by atoms with Gasteiger partial charge in [0.15, 0.2) is 0 Å². The highest BCUT2D eigenvalue weighted by Gasteiger charge is 2.49. The summed E-state index contributed by atoms with van der Waals surface area (Å²) < 4.78 is 19.6. The maximum atomic E-state index is 14.2. The largest absolute Gasteiger partial charge is 0.465 e. The zero-order valence-corrected chi connectivity index (χ0v) is 19.2. The average Bonchev–Trinajstić information content (AvgIpc) is 2.75. The SMILES string of the molecule is CCOC(=O)[C@@H]1c2ccc(F)cc2C(=O)N([C@H]2CCCC[C@@H]2N)[C@H]1c1ccc(Cl)cc1Cl. The molecule has 0 bridgehead atoms. The lowest BCUT2D eigenvalue weighted by molar-refractivity contribution is -0.147. The van der Waals surface area contributed by atoms with Crippen LogP contribution in [0.1, 0.15) is 66.1 Å². The van der Waals surface area contributed by atoms with Crippen LogP contribution in [-0.4, -0.2) is 35.5 Å². The summed E-state index contributed by atoms with van der Waals surface area (Å²) >= 11 is 12.7. The first kappa shape index (κ1) is 23.0. The second-order valence-electron chi connectivity index (χ2n) is 8.30. The summed E-state index contributed by atoms with van der Waals surface area (Å²) in [6, 6.07) is 7.58. The van der Waals surface area contributed by atoms with Crippen molar-refractivity contribution < 1.29 is 18.7 Å². The Morgan fingerprint density at radius 2 is 1.88 bits per heavy atom. The van der Waals surface area contributed by atoms with Gasteiger partial charge in [0.05, 0.1) is 12.6 Å². The lowest BCUT2D eigenvalue weighted by Gasteiger charge is -2.48. The van der Waals surface area contributed by atoms with Crippen molar-refractivity contribution in [1.29, 1.82) is 0 Å². The molecule has 1 aliphatic carbocycles. The van der Waals surface area contributed by atoms with Crippen molar-refractivity contribution in [2.45, 2.75) is 56.7 Å². The molecule has 2 aromatic rings. The number of esters is 1. The van der Waals surface area contributed by atoms with Gasteiger partial charge in [0, 0.05) is 27.7 Å². The Kier molecular flexibility index (Phi) is 6.75. The van der Waals surface area contributed by atoms with Gasteiger partial charge < -0.3 is 15.4 Å². The van der Waals surface area contributed by atoms with Gasteiger partial charge in [-0.3, -0.25) is 9.59 Å². The lowest BCUT2D eigenvalue weighted by Crippen LogP contribution is -2.57. The van der Waals surface area contributed by atoms with E-state index in [0.717, 1.165) is 19.3 Å². The van der Waals surface area contributed by atoms with Crippen LogP contribution in [0.3, 0.4) is 0 Å². The first-order valence-corrected chi connectivity index (χ1v) is 11.6. The van der Waals surface area contributed by atoms with Gasteiger partial charge in [-0.1, -0.05) is 48.2 Å². The second-order valence-corrected chi connectivity index (χ2v) is 9.14. The third-order valence-electron chi connectivity index (χ3n) is 6.39. The minimum absolute atomic E-state index is 0.155. The fraction of sp³-hybridized carbons (Fsp3) is 0.417. The third kappa shape index (κ3) is 4.12. The van der Waals surface area contributed by atoms with Crippen LogP contribution >= 0.6 is 23.2 Å². The van der Waals surface area contributed by atoms with Crippen molar-refractivity contribution in [2.75, 3.05) is 6.61 Å². The van der Waals surface area contributed by atoms with Crippen LogP contribution in [0.5, 0.6) is 0 Å². The van der Waals surface area contributed by atoms with Gasteiger partial charge in [-0.15, -0.1) is 0 Å². The number of carbonyl (C=O) groups is 2. The highest BCUT2D eigenvalue weighted by molar-refractivity contribution is 6.35. The molecule has 1 aliphatic heterocycles. The van der Waals surface area contributed by atoms with Crippen LogP contribution in [-0.2, 0) is 9.53 Å². The molecule has 2 N–H and O–H groups in total. The number of amides is 1. The molecule has 1 saturated carbocycles. The maximum Gasteiger partial charge on any atom is 0.315 e. The van der Waals surface area contributed by atoms with Crippen molar-refractivity contribution in [3.63, 3.8) is 0 Å². The Labute approximate surface area is 196 Å². The van der Waals surface area contributed by atoms with E-state index < -0.39 is 23.7 Å². The van der Waals surface area contributed by atoms with E-state index in [2.05, 4.69) is 0 Å². The predicted molar refractivity (Wildman–Crippen MR) is 121 cm³/mol. The molecule has 0 aromatic heterocycles. The normalized spacial score (nSPS) is 25.4. The summed E-state index contributed by atoms with van der Waals surface area (Å²) in [7, 11) is 0. The van der Waals surface area contributed by atoms with Crippen LogP contribution in [0.4, 0.5) is 4.39 Å². The molecule has 32 heavy (non-hydrogen) atoms. The molecule has 4 atom stereocenters. The van der Waals surface area contributed by atoms with Gasteiger partial charge in [0.2, 0.25) is 0 Å². The van der Waals surface area contributed by atoms with Crippen molar-refractivity contribution in [3.8, 4) is 0 Å². The van der Waals surface area contributed by atoms with Crippen LogP contribution in [0.25, 0.3) is 0 Å². The number of hydrogen-bond acceptors (Lipinski definition) is 4. The Bertz CT molecular complexity index is 1050. The second kappa shape index (κ2) is 9.38. The van der Waals surface area contributed by atoms with E-state index in [0.29, 0.717) is 27.6 Å². The van der Waals surface area contributed by atoms with Crippen molar-refractivity contribution >= 4 is 35.1 Å². The molecule has 2 aromatic carbocycles. The van der Waals surface area contributed by atoms with Gasteiger partial charge >= 0.3 is 5.97 Å². The third-order valence-corrected chi connectivity index (χ3v) is 6.95. The van der Waals surface area contributed by atoms with Crippen LogP contribution in [0, 0.1) is 5.82 Å². The fourth-order valence-corrected chi connectivity index (χ4v) is 5.50. The Morgan fingerprint density at radius 3 is 2.56 bits per heavy atom. The summed E-state index contributed by atoms with van der Waals surface area (Å²) in [6.07, 6.45) is 3.33. The smallest absolute Gasteiger partial charge is 0.315 e. The number of halogens is 3. The van der Waals surface area contributed by atoms with Crippen molar-refractivity contribution in [3.05, 3.63) is 69.0 Å². The first-order valence-electron chi connectivity index (χ1n) is 10.8. The van der Waals surface area contributed by atoms with Gasteiger partial charge in [0.25, 0.3) is 5.91 Å². The molecule has 1 heterocycles. The first-order chi connectivity index (χ1) is 15.3. The zero-order chi connectivity index (χ0) is 23.0. The van der Waals surface area contributed by atoms with E-state index in [1.165, 1.54) is 18.2 Å². The molecule has 0 spiro atoms. The average molecular weight is 479 g/mol. The number of nitrogens with zero attached hydrogens (tertiary/aromatic N) is 1.